The Kier molecular flexibility index (Phi) is 10.7. The Morgan fingerprint density at radius 2 is 1.80 bits per heavy atom. The summed E-state index contributed by atoms with van der Waals surface area (Å²) in [6.45, 7) is -3.69. The minimum atomic E-state index is -3.60. The number of benzene rings is 2. The van der Waals surface area contributed by atoms with Crippen LogP contribution < -0.4 is 18.9 Å². The van der Waals surface area contributed by atoms with Crippen molar-refractivity contribution in [1.29, 1.82) is 0 Å². The van der Waals surface area contributed by atoms with Gasteiger partial charge in [0.1, 0.15) is 16.1 Å². The van der Waals surface area contributed by atoms with E-state index >= 15 is 0 Å². The minimum Gasteiger partial charge on any atom is -0.619 e. The standard InChI is InChI=1S/C28H26Cl2F2N2O9S/c1-44(38,39)33-19-4-2-3-18(9-19)27(36)41-15-26(35)42-24(11-20-21(29)12-34(37)13-22(20)30)17-7-8-23(43-28(31)32)25(10-17)40-14-16-5-6-16/h2-4,7-10,12-13,16,24,28,33H,5-6,11,14-15H2,1H3/t24-/m0/s1. The van der Waals surface area contributed by atoms with E-state index in [1.54, 1.807) is 0 Å². The average Bonchev–Trinajstić information content (AvgIpc) is 3.76. The van der Waals surface area contributed by atoms with Gasteiger partial charge in [0.2, 0.25) is 10.0 Å². The van der Waals surface area contributed by atoms with Crippen LogP contribution in [0.1, 0.15) is 40.4 Å². The molecule has 0 aliphatic heterocycles. The number of rotatable bonds is 14. The molecule has 1 fully saturated rings. The summed E-state index contributed by atoms with van der Waals surface area (Å²) in [5.41, 5.74) is 0.602. The number of sulfonamides is 1. The van der Waals surface area contributed by atoms with Crippen LogP contribution in [-0.2, 0) is 30.7 Å². The highest BCUT2D eigenvalue weighted by Gasteiger charge is 2.27. The van der Waals surface area contributed by atoms with Crippen LogP contribution in [0.5, 0.6) is 11.5 Å². The number of carbonyl (C=O) groups is 2. The predicted molar refractivity (Wildman–Crippen MR) is 154 cm³/mol. The van der Waals surface area contributed by atoms with Crippen molar-refractivity contribution < 1.29 is 50.5 Å². The summed E-state index contributed by atoms with van der Waals surface area (Å²) in [5.74, 6) is -1.88. The van der Waals surface area contributed by atoms with Crippen molar-refractivity contribution in [3.05, 3.63) is 86.8 Å². The van der Waals surface area contributed by atoms with Crippen LogP contribution in [0.4, 0.5) is 14.5 Å². The molecule has 4 rings (SSSR count). The molecule has 11 nitrogen and oxygen atoms in total. The van der Waals surface area contributed by atoms with Gasteiger partial charge in [-0.25, -0.2) is 18.0 Å². The van der Waals surface area contributed by atoms with E-state index in [4.69, 9.17) is 37.4 Å². The molecular formula is C28H26Cl2F2N2O9S. The van der Waals surface area contributed by atoms with Gasteiger partial charge in [-0.05, 0) is 54.7 Å². The van der Waals surface area contributed by atoms with Gasteiger partial charge in [0, 0.05) is 17.7 Å². The largest absolute Gasteiger partial charge is 0.619 e. The second kappa shape index (κ2) is 14.3. The Morgan fingerprint density at radius 1 is 1.09 bits per heavy atom. The number of pyridine rings is 1. The smallest absolute Gasteiger partial charge is 0.387 e. The molecule has 3 aromatic rings. The van der Waals surface area contributed by atoms with E-state index in [1.807, 2.05) is 0 Å². The number of esters is 2. The SMILES string of the molecule is CS(=O)(=O)Nc1cccc(C(=O)OCC(=O)O[C@@H](Cc2c(Cl)c[n+]([O-])cc2Cl)c2ccc(OC(F)F)c(OCC3CC3)c2)c1. The van der Waals surface area contributed by atoms with E-state index in [0.29, 0.717) is 4.73 Å². The molecular weight excluding hydrogens is 649 g/mol. The maximum absolute atomic E-state index is 13.0. The molecule has 44 heavy (non-hydrogen) atoms. The van der Waals surface area contributed by atoms with Crippen molar-refractivity contribution >= 4 is 50.9 Å². The molecule has 16 heteroatoms. The molecule has 0 radical (unpaired) electrons. The topological polar surface area (TPSA) is 144 Å². The van der Waals surface area contributed by atoms with Gasteiger partial charge in [0.15, 0.2) is 30.5 Å². The molecule has 236 valence electrons. The number of hydrogen-bond acceptors (Lipinski definition) is 9. The monoisotopic (exact) mass is 674 g/mol. The second-order valence-corrected chi connectivity index (χ2v) is 12.4. The third kappa shape index (κ3) is 9.82. The normalized spacial score (nSPS) is 13.7. The summed E-state index contributed by atoms with van der Waals surface area (Å²) in [4.78, 5) is 25.5. The highest BCUT2D eigenvalue weighted by atomic mass is 35.5. The highest BCUT2D eigenvalue weighted by Crippen LogP contribution is 2.37. The number of halogens is 4. The molecule has 1 aromatic heterocycles. The third-order valence-corrected chi connectivity index (χ3v) is 7.43. The lowest BCUT2D eigenvalue weighted by molar-refractivity contribution is -0.605. The first-order chi connectivity index (χ1) is 20.8. The Bertz CT molecular complexity index is 1620. The summed E-state index contributed by atoms with van der Waals surface area (Å²) < 4.78 is 72.7. The number of nitrogens with zero attached hydrogens (tertiary/aromatic N) is 1. The molecule has 0 spiro atoms. The Hall–Kier alpha value is -3.88. The molecule has 0 saturated heterocycles. The summed E-state index contributed by atoms with van der Waals surface area (Å²) in [5, 5.41) is 11.7. The van der Waals surface area contributed by atoms with Crippen LogP contribution in [0, 0.1) is 11.1 Å². The van der Waals surface area contributed by atoms with Crippen LogP contribution in [0.3, 0.4) is 0 Å². The first-order valence-corrected chi connectivity index (χ1v) is 15.6. The number of alkyl halides is 2. The Labute approximate surface area is 261 Å². The van der Waals surface area contributed by atoms with Crippen molar-refractivity contribution in [2.45, 2.75) is 32.0 Å². The number of hydrogen-bond donors (Lipinski definition) is 1. The predicted octanol–water partition coefficient (Wildman–Crippen LogP) is 5.07. The number of nitrogens with one attached hydrogen (secondary N) is 1. The number of anilines is 1. The van der Waals surface area contributed by atoms with Crippen LogP contribution >= 0.6 is 23.2 Å². The number of aromatic nitrogens is 1. The molecule has 1 aliphatic rings. The van der Waals surface area contributed by atoms with Crippen molar-refractivity contribution in [3.8, 4) is 11.5 Å². The maximum atomic E-state index is 13.0. The van der Waals surface area contributed by atoms with Crippen LogP contribution in [0.25, 0.3) is 0 Å². The first-order valence-electron chi connectivity index (χ1n) is 13.0. The van der Waals surface area contributed by atoms with Crippen molar-refractivity contribution in [3.63, 3.8) is 0 Å². The van der Waals surface area contributed by atoms with Crippen molar-refractivity contribution in [2.24, 2.45) is 5.92 Å². The maximum Gasteiger partial charge on any atom is 0.387 e. The average molecular weight is 675 g/mol. The highest BCUT2D eigenvalue weighted by molar-refractivity contribution is 7.92. The zero-order chi connectivity index (χ0) is 32.0. The summed E-state index contributed by atoms with van der Waals surface area (Å²) in [7, 11) is -3.60. The van der Waals surface area contributed by atoms with E-state index in [9.17, 15) is 32.0 Å². The van der Waals surface area contributed by atoms with E-state index in [0.717, 1.165) is 31.5 Å². The van der Waals surface area contributed by atoms with Crippen LogP contribution in [-0.4, -0.2) is 46.4 Å². The Morgan fingerprint density at radius 3 is 2.43 bits per heavy atom. The summed E-state index contributed by atoms with van der Waals surface area (Å²) >= 11 is 12.5. The lowest BCUT2D eigenvalue weighted by Gasteiger charge is -2.21. The van der Waals surface area contributed by atoms with Crippen molar-refractivity contribution in [2.75, 3.05) is 24.2 Å². The van der Waals surface area contributed by atoms with Gasteiger partial charge in [-0.15, -0.1) is 0 Å². The van der Waals surface area contributed by atoms with Gasteiger partial charge in [-0.3, -0.25) is 4.72 Å². The molecule has 1 heterocycles. The molecule has 1 saturated carbocycles. The molecule has 0 unspecified atom stereocenters. The second-order valence-electron chi connectivity index (χ2n) is 9.85. The van der Waals surface area contributed by atoms with E-state index < -0.39 is 41.3 Å². The molecule has 2 aromatic carbocycles. The van der Waals surface area contributed by atoms with Gasteiger partial charge in [0.05, 0.1) is 18.4 Å². The zero-order valence-corrected chi connectivity index (χ0v) is 25.3. The van der Waals surface area contributed by atoms with E-state index in [2.05, 4.69) is 9.46 Å². The lowest BCUT2D eigenvalue weighted by atomic mass is 10.0. The van der Waals surface area contributed by atoms with E-state index in [-0.39, 0.29) is 62.9 Å². The van der Waals surface area contributed by atoms with Gasteiger partial charge in [-0.2, -0.15) is 13.5 Å². The summed E-state index contributed by atoms with van der Waals surface area (Å²) in [6, 6.07) is 9.42. The number of carbonyl (C=O) groups excluding carboxylic acids is 2. The van der Waals surface area contributed by atoms with Crippen LogP contribution in [0.2, 0.25) is 10.0 Å². The molecule has 1 aliphatic carbocycles. The fourth-order valence-corrected chi connectivity index (χ4v) is 5.14. The third-order valence-electron chi connectivity index (χ3n) is 6.17. The first kappa shape index (κ1) is 33.0. The van der Waals surface area contributed by atoms with Crippen molar-refractivity contribution in [1.82, 2.24) is 0 Å². The Balaban J connectivity index is 1.55. The molecule has 0 amide bonds. The minimum absolute atomic E-state index is 0.00702. The fourth-order valence-electron chi connectivity index (χ4n) is 3.99. The lowest BCUT2D eigenvalue weighted by Crippen LogP contribution is -2.26. The summed E-state index contributed by atoms with van der Waals surface area (Å²) in [6.07, 6.45) is 3.61. The van der Waals surface area contributed by atoms with Gasteiger partial charge in [0.25, 0.3) is 0 Å². The fraction of sp³-hybridized carbons (Fsp3) is 0.321. The van der Waals surface area contributed by atoms with Crippen LogP contribution in [0.15, 0.2) is 54.9 Å². The molecule has 0 bridgehead atoms. The van der Waals surface area contributed by atoms with Gasteiger partial charge in [-0.1, -0.05) is 35.3 Å². The molecule has 1 N–H and O–H groups in total. The quantitative estimate of drug-likeness (QED) is 0.141. The van der Waals surface area contributed by atoms with Gasteiger partial charge >= 0.3 is 18.6 Å². The molecule has 1 atom stereocenters. The van der Waals surface area contributed by atoms with E-state index in [1.165, 1.54) is 42.5 Å². The zero-order valence-electron chi connectivity index (χ0n) is 23.0. The van der Waals surface area contributed by atoms with Gasteiger partial charge < -0.3 is 24.2 Å². The number of ether oxygens (including phenoxy) is 4.